The largest absolute Gasteiger partial charge is 0.372 e. The Morgan fingerprint density at radius 2 is 1.79 bits per heavy atom. The zero-order valence-electron chi connectivity index (χ0n) is 18.8. The van der Waals surface area contributed by atoms with E-state index in [1.807, 2.05) is 13.8 Å². The molecule has 6 amide bonds. The van der Waals surface area contributed by atoms with Gasteiger partial charge in [-0.15, -0.1) is 0 Å². The molecule has 33 heavy (non-hydrogen) atoms. The van der Waals surface area contributed by atoms with Crippen LogP contribution in [0.5, 0.6) is 0 Å². The molecule has 1 aromatic rings. The van der Waals surface area contributed by atoms with Crippen molar-refractivity contribution < 1.29 is 28.7 Å². The van der Waals surface area contributed by atoms with Crippen LogP contribution in [0.4, 0.5) is 4.79 Å². The number of aryl methyl sites for hydroxylation is 1. The molecule has 2 fully saturated rings. The Labute approximate surface area is 191 Å². The first-order valence-corrected chi connectivity index (χ1v) is 11.3. The lowest BCUT2D eigenvalue weighted by Gasteiger charge is -2.35. The van der Waals surface area contributed by atoms with Crippen LogP contribution in [0, 0.1) is 0 Å². The van der Waals surface area contributed by atoms with Crippen molar-refractivity contribution in [3.05, 3.63) is 34.9 Å². The van der Waals surface area contributed by atoms with Gasteiger partial charge in [-0.3, -0.25) is 29.4 Å². The molecule has 2 N–H and O–H groups in total. The summed E-state index contributed by atoms with van der Waals surface area (Å²) in [5.41, 5.74) is 1.39. The molecule has 10 nitrogen and oxygen atoms in total. The van der Waals surface area contributed by atoms with Crippen molar-refractivity contribution in [1.29, 1.82) is 0 Å². The van der Waals surface area contributed by atoms with Gasteiger partial charge in [-0.1, -0.05) is 6.07 Å². The van der Waals surface area contributed by atoms with E-state index in [9.17, 15) is 24.0 Å². The first-order chi connectivity index (χ1) is 15.7. The van der Waals surface area contributed by atoms with Crippen LogP contribution in [-0.4, -0.2) is 77.3 Å². The number of carbonyl (C=O) groups is 5. The summed E-state index contributed by atoms with van der Waals surface area (Å²) in [6.45, 7) is 5.47. The predicted molar refractivity (Wildman–Crippen MR) is 116 cm³/mol. The molecule has 2 saturated heterocycles. The zero-order chi connectivity index (χ0) is 23.7. The van der Waals surface area contributed by atoms with Crippen LogP contribution in [0.3, 0.4) is 0 Å². The molecule has 10 heteroatoms. The van der Waals surface area contributed by atoms with Gasteiger partial charge in [-0.25, -0.2) is 4.79 Å². The highest BCUT2D eigenvalue weighted by molar-refractivity contribution is 6.23. The summed E-state index contributed by atoms with van der Waals surface area (Å²) in [6, 6.07) is 3.97. The SMILES string of the molecule is C[C@@H]1CN(C(=O)NCCCc2ccc3c(c2)C(=O)N(C2CCC(=O)NC2=O)C3=O)C[C@H](C)O1. The molecule has 3 aliphatic heterocycles. The molecule has 3 heterocycles. The predicted octanol–water partition coefficient (Wildman–Crippen LogP) is 0.839. The first-order valence-electron chi connectivity index (χ1n) is 11.3. The molecule has 1 aromatic carbocycles. The van der Waals surface area contributed by atoms with Crippen LogP contribution >= 0.6 is 0 Å². The van der Waals surface area contributed by atoms with Crippen molar-refractivity contribution in [2.24, 2.45) is 0 Å². The Morgan fingerprint density at radius 1 is 1.09 bits per heavy atom. The molecule has 0 radical (unpaired) electrons. The summed E-state index contributed by atoms with van der Waals surface area (Å²) < 4.78 is 5.65. The zero-order valence-corrected chi connectivity index (χ0v) is 18.8. The number of piperidine rings is 1. The fraction of sp³-hybridized carbons (Fsp3) is 0.522. The highest BCUT2D eigenvalue weighted by atomic mass is 16.5. The standard InChI is InChI=1S/C23H28N4O6/c1-13-11-26(12-14(2)33-13)23(32)24-9-3-4-15-5-6-16-17(10-15)22(31)27(21(16)30)18-7-8-19(28)25-20(18)29/h5-6,10,13-14,18H,3-4,7-9,11-12H2,1-2H3,(H,24,32)(H,25,28,29)/t13-,14+,18?. The number of ether oxygens (including phenoxy) is 1. The van der Waals surface area contributed by atoms with E-state index >= 15 is 0 Å². The molecule has 0 spiro atoms. The molecule has 3 aliphatic rings. The Kier molecular flexibility index (Phi) is 6.46. The molecule has 0 aromatic heterocycles. The third kappa shape index (κ3) is 4.75. The Morgan fingerprint density at radius 3 is 2.48 bits per heavy atom. The van der Waals surface area contributed by atoms with Crippen molar-refractivity contribution in [1.82, 2.24) is 20.4 Å². The van der Waals surface area contributed by atoms with Gasteiger partial charge in [-0.2, -0.15) is 0 Å². The number of carbonyl (C=O) groups excluding carboxylic acids is 5. The van der Waals surface area contributed by atoms with E-state index < -0.39 is 29.7 Å². The number of morpholine rings is 1. The Balaban J connectivity index is 1.32. The average molecular weight is 456 g/mol. The normalized spacial score (nSPS) is 25.2. The lowest BCUT2D eigenvalue weighted by atomic mass is 10.0. The van der Waals surface area contributed by atoms with Gasteiger partial charge in [0.15, 0.2) is 0 Å². The van der Waals surface area contributed by atoms with Crippen LogP contribution < -0.4 is 10.6 Å². The number of hydrogen-bond acceptors (Lipinski definition) is 6. The van der Waals surface area contributed by atoms with Gasteiger partial charge in [0, 0.05) is 26.1 Å². The van der Waals surface area contributed by atoms with E-state index in [-0.39, 0.29) is 42.2 Å². The van der Waals surface area contributed by atoms with E-state index in [1.54, 1.807) is 23.1 Å². The smallest absolute Gasteiger partial charge is 0.317 e. The van der Waals surface area contributed by atoms with Gasteiger partial charge in [0.2, 0.25) is 11.8 Å². The van der Waals surface area contributed by atoms with E-state index in [0.717, 1.165) is 10.5 Å². The summed E-state index contributed by atoms with van der Waals surface area (Å²) in [7, 11) is 0. The molecule has 4 rings (SSSR count). The third-order valence-corrected chi connectivity index (χ3v) is 6.13. The molecule has 0 aliphatic carbocycles. The van der Waals surface area contributed by atoms with Gasteiger partial charge >= 0.3 is 6.03 Å². The number of urea groups is 1. The Hall–Kier alpha value is -3.27. The van der Waals surface area contributed by atoms with Crippen molar-refractivity contribution in [3.8, 4) is 0 Å². The molecule has 0 saturated carbocycles. The summed E-state index contributed by atoms with van der Waals surface area (Å²) in [5, 5.41) is 5.11. The summed E-state index contributed by atoms with van der Waals surface area (Å²) in [4.78, 5) is 64.3. The maximum atomic E-state index is 12.9. The van der Waals surface area contributed by atoms with Crippen molar-refractivity contribution in [3.63, 3.8) is 0 Å². The number of imide groups is 2. The quantitative estimate of drug-likeness (QED) is 0.500. The van der Waals surface area contributed by atoms with Crippen molar-refractivity contribution in [2.75, 3.05) is 19.6 Å². The molecular formula is C23H28N4O6. The number of nitrogens with one attached hydrogen (secondary N) is 2. The fourth-order valence-electron chi connectivity index (χ4n) is 4.62. The number of fused-ring (bicyclic) bond motifs is 1. The second-order valence-corrected chi connectivity index (χ2v) is 8.82. The topological polar surface area (TPSA) is 125 Å². The number of amides is 6. The van der Waals surface area contributed by atoms with Gasteiger partial charge in [-0.05, 0) is 50.8 Å². The minimum atomic E-state index is -0.973. The van der Waals surface area contributed by atoms with Crippen molar-refractivity contribution >= 4 is 29.7 Å². The minimum absolute atomic E-state index is 0.00546. The van der Waals surface area contributed by atoms with E-state index in [2.05, 4.69) is 10.6 Å². The lowest BCUT2D eigenvalue weighted by molar-refractivity contribution is -0.136. The van der Waals surface area contributed by atoms with E-state index in [0.29, 0.717) is 32.5 Å². The monoisotopic (exact) mass is 456 g/mol. The second-order valence-electron chi connectivity index (χ2n) is 8.82. The van der Waals surface area contributed by atoms with Crippen LogP contribution in [0.15, 0.2) is 18.2 Å². The van der Waals surface area contributed by atoms with Gasteiger partial charge in [0.25, 0.3) is 11.8 Å². The van der Waals surface area contributed by atoms with Crippen LogP contribution in [0.1, 0.15) is 59.4 Å². The maximum Gasteiger partial charge on any atom is 0.317 e. The molecule has 0 bridgehead atoms. The lowest BCUT2D eigenvalue weighted by Crippen LogP contribution is -2.54. The number of benzene rings is 1. The molecule has 176 valence electrons. The van der Waals surface area contributed by atoms with Crippen LogP contribution in [-0.2, 0) is 20.7 Å². The summed E-state index contributed by atoms with van der Waals surface area (Å²) >= 11 is 0. The van der Waals surface area contributed by atoms with E-state index in [4.69, 9.17) is 4.74 Å². The highest BCUT2D eigenvalue weighted by Gasteiger charge is 2.44. The molecule has 1 unspecified atom stereocenters. The molecule has 3 atom stereocenters. The maximum absolute atomic E-state index is 12.9. The average Bonchev–Trinajstić information content (AvgIpc) is 3.00. The second kappa shape index (κ2) is 9.30. The first kappa shape index (κ1) is 22.9. The number of hydrogen-bond donors (Lipinski definition) is 2. The summed E-state index contributed by atoms with van der Waals surface area (Å²) in [5.74, 6) is -2.06. The Bertz CT molecular complexity index is 999. The van der Waals surface area contributed by atoms with Crippen LogP contribution in [0.25, 0.3) is 0 Å². The summed E-state index contributed by atoms with van der Waals surface area (Å²) in [6.07, 6.45) is 1.51. The van der Waals surface area contributed by atoms with Crippen molar-refractivity contribution in [2.45, 2.75) is 57.8 Å². The minimum Gasteiger partial charge on any atom is -0.372 e. The number of nitrogens with zero attached hydrogens (tertiary/aromatic N) is 2. The highest BCUT2D eigenvalue weighted by Crippen LogP contribution is 2.28. The third-order valence-electron chi connectivity index (χ3n) is 6.13. The van der Waals surface area contributed by atoms with Crippen LogP contribution in [0.2, 0.25) is 0 Å². The molecular weight excluding hydrogens is 428 g/mol. The van der Waals surface area contributed by atoms with Gasteiger partial charge < -0.3 is 15.0 Å². The number of rotatable bonds is 5. The van der Waals surface area contributed by atoms with E-state index in [1.165, 1.54) is 0 Å². The fourth-order valence-corrected chi connectivity index (χ4v) is 4.62. The van der Waals surface area contributed by atoms with Gasteiger partial charge in [0.05, 0.1) is 23.3 Å². The van der Waals surface area contributed by atoms with Gasteiger partial charge in [0.1, 0.15) is 6.04 Å².